The Balaban J connectivity index is 1.94. The number of rotatable bonds is 2. The number of nitrogens with zero attached hydrogens (tertiary/aromatic N) is 2. The topological polar surface area (TPSA) is 35.6 Å². The van der Waals surface area contributed by atoms with Crippen LogP contribution in [0.1, 0.15) is 19.8 Å². The molecule has 0 aromatic carbocycles. The highest BCUT2D eigenvalue weighted by Crippen LogP contribution is 2.21. The van der Waals surface area contributed by atoms with Gasteiger partial charge in [0.15, 0.2) is 0 Å². The second-order valence-electron chi connectivity index (χ2n) is 5.75. The Morgan fingerprint density at radius 1 is 1.41 bits per heavy atom. The molecular formula is C13H25N3O. The Bertz CT molecular complexity index is 282. The van der Waals surface area contributed by atoms with Crippen molar-refractivity contribution in [3.05, 3.63) is 0 Å². The summed E-state index contributed by atoms with van der Waals surface area (Å²) in [5.41, 5.74) is 0. The zero-order valence-corrected chi connectivity index (χ0v) is 11.3. The van der Waals surface area contributed by atoms with Gasteiger partial charge in [0.1, 0.15) is 0 Å². The van der Waals surface area contributed by atoms with E-state index in [0.29, 0.717) is 17.9 Å². The molecule has 98 valence electrons. The smallest absolute Gasteiger partial charge is 0.227 e. The zero-order chi connectivity index (χ0) is 12.4. The third-order valence-corrected chi connectivity index (χ3v) is 4.33. The molecule has 4 nitrogen and oxygen atoms in total. The molecule has 0 spiro atoms. The van der Waals surface area contributed by atoms with Crippen LogP contribution in [0.4, 0.5) is 0 Å². The minimum absolute atomic E-state index is 0.187. The van der Waals surface area contributed by atoms with Gasteiger partial charge in [-0.2, -0.15) is 0 Å². The number of likely N-dealkylation sites (tertiary alicyclic amines) is 1. The Kier molecular flexibility index (Phi) is 4.05. The number of carbonyl (C=O) groups is 1. The van der Waals surface area contributed by atoms with Gasteiger partial charge in [-0.15, -0.1) is 0 Å². The molecule has 2 aliphatic heterocycles. The molecule has 2 fully saturated rings. The number of carbonyl (C=O) groups excluding carboxylic acids is 1. The van der Waals surface area contributed by atoms with Crippen LogP contribution < -0.4 is 5.32 Å². The molecule has 0 saturated carbocycles. The number of hydrogen-bond donors (Lipinski definition) is 1. The van der Waals surface area contributed by atoms with Crippen LogP contribution in [-0.2, 0) is 4.79 Å². The van der Waals surface area contributed by atoms with Crippen molar-refractivity contribution in [2.45, 2.75) is 25.8 Å². The van der Waals surface area contributed by atoms with Crippen LogP contribution >= 0.6 is 0 Å². The van der Waals surface area contributed by atoms with E-state index in [0.717, 1.165) is 26.1 Å². The summed E-state index contributed by atoms with van der Waals surface area (Å²) in [5.74, 6) is 1.00. The van der Waals surface area contributed by atoms with E-state index in [1.807, 2.05) is 11.9 Å². The van der Waals surface area contributed by atoms with E-state index >= 15 is 0 Å². The molecule has 1 N–H and O–H groups in total. The van der Waals surface area contributed by atoms with Crippen LogP contribution in [0.2, 0.25) is 0 Å². The molecule has 0 bridgehead atoms. The summed E-state index contributed by atoms with van der Waals surface area (Å²) in [4.78, 5) is 16.8. The van der Waals surface area contributed by atoms with Crippen LogP contribution in [0.3, 0.4) is 0 Å². The first-order chi connectivity index (χ1) is 8.09. The lowest BCUT2D eigenvalue weighted by Crippen LogP contribution is -2.49. The number of amides is 1. The van der Waals surface area contributed by atoms with Crippen molar-refractivity contribution in [1.29, 1.82) is 0 Å². The van der Waals surface area contributed by atoms with Crippen molar-refractivity contribution in [2.75, 3.05) is 40.3 Å². The second-order valence-corrected chi connectivity index (χ2v) is 5.75. The molecule has 2 heterocycles. The van der Waals surface area contributed by atoms with Crippen LogP contribution in [0.25, 0.3) is 0 Å². The van der Waals surface area contributed by atoms with E-state index in [1.54, 1.807) is 0 Å². The third-order valence-electron chi connectivity index (χ3n) is 4.33. The van der Waals surface area contributed by atoms with E-state index in [9.17, 15) is 4.79 Å². The molecule has 2 rings (SSSR count). The standard InChI is InChI=1S/C13H25N3O/c1-10-7-14-8-12(10)13(17)16(3)11-5-4-6-15(2)9-11/h10-12,14H,4-9H2,1-3H3/t10-,11?,12-/m1/s1. The summed E-state index contributed by atoms with van der Waals surface area (Å²) in [5, 5.41) is 3.31. The van der Waals surface area contributed by atoms with Gasteiger partial charge in [-0.1, -0.05) is 6.92 Å². The average molecular weight is 239 g/mol. The molecule has 2 saturated heterocycles. The first kappa shape index (κ1) is 12.8. The maximum Gasteiger partial charge on any atom is 0.227 e. The summed E-state index contributed by atoms with van der Waals surface area (Å²) < 4.78 is 0. The normalized spacial score (nSPS) is 34.9. The highest BCUT2D eigenvalue weighted by molar-refractivity contribution is 5.79. The SMILES string of the molecule is C[C@@H]1CNC[C@H]1C(=O)N(C)C1CCCN(C)C1. The molecule has 0 aliphatic carbocycles. The molecule has 0 radical (unpaired) electrons. The minimum Gasteiger partial charge on any atom is -0.341 e. The number of nitrogens with one attached hydrogen (secondary N) is 1. The molecular weight excluding hydrogens is 214 g/mol. The lowest BCUT2D eigenvalue weighted by Gasteiger charge is -2.37. The minimum atomic E-state index is 0.187. The maximum atomic E-state index is 12.4. The third kappa shape index (κ3) is 2.80. The number of piperidine rings is 1. The zero-order valence-electron chi connectivity index (χ0n) is 11.3. The summed E-state index contributed by atoms with van der Waals surface area (Å²) in [6.45, 7) is 6.20. The summed E-state index contributed by atoms with van der Waals surface area (Å²) >= 11 is 0. The molecule has 17 heavy (non-hydrogen) atoms. The van der Waals surface area contributed by atoms with Gasteiger partial charge in [0.25, 0.3) is 0 Å². The van der Waals surface area contributed by atoms with Gasteiger partial charge >= 0.3 is 0 Å². The highest BCUT2D eigenvalue weighted by atomic mass is 16.2. The first-order valence-corrected chi connectivity index (χ1v) is 6.75. The number of likely N-dealkylation sites (N-methyl/N-ethyl adjacent to an activating group) is 2. The van der Waals surface area contributed by atoms with Gasteiger partial charge in [-0.05, 0) is 38.9 Å². The fourth-order valence-corrected chi connectivity index (χ4v) is 3.04. The summed E-state index contributed by atoms with van der Waals surface area (Å²) in [7, 11) is 4.13. The van der Waals surface area contributed by atoms with Crippen LogP contribution in [-0.4, -0.2) is 62.0 Å². The lowest BCUT2D eigenvalue weighted by atomic mass is 9.95. The van der Waals surface area contributed by atoms with Gasteiger partial charge in [-0.25, -0.2) is 0 Å². The molecule has 3 atom stereocenters. The summed E-state index contributed by atoms with van der Waals surface area (Å²) in [6, 6.07) is 0.411. The molecule has 4 heteroatoms. The van der Waals surface area contributed by atoms with E-state index in [4.69, 9.17) is 0 Å². The first-order valence-electron chi connectivity index (χ1n) is 6.75. The highest BCUT2D eigenvalue weighted by Gasteiger charge is 2.34. The van der Waals surface area contributed by atoms with Crippen LogP contribution in [0, 0.1) is 11.8 Å². The van der Waals surface area contributed by atoms with Crippen molar-refractivity contribution < 1.29 is 4.79 Å². The van der Waals surface area contributed by atoms with Gasteiger partial charge in [0, 0.05) is 26.2 Å². The van der Waals surface area contributed by atoms with Crippen molar-refractivity contribution in [2.24, 2.45) is 11.8 Å². The average Bonchev–Trinajstić information content (AvgIpc) is 2.73. The van der Waals surface area contributed by atoms with Crippen LogP contribution in [0.15, 0.2) is 0 Å². The van der Waals surface area contributed by atoms with Crippen molar-refractivity contribution >= 4 is 5.91 Å². The summed E-state index contributed by atoms with van der Waals surface area (Å²) in [6.07, 6.45) is 2.36. The molecule has 0 aromatic rings. The van der Waals surface area contributed by atoms with E-state index < -0.39 is 0 Å². The Labute approximate surface area is 104 Å². The number of hydrogen-bond acceptors (Lipinski definition) is 3. The van der Waals surface area contributed by atoms with E-state index in [1.165, 1.54) is 13.0 Å². The predicted octanol–water partition coefficient (Wildman–Crippen LogP) is 0.395. The van der Waals surface area contributed by atoms with E-state index in [2.05, 4.69) is 24.2 Å². The molecule has 2 aliphatic rings. The monoisotopic (exact) mass is 239 g/mol. The Morgan fingerprint density at radius 3 is 2.76 bits per heavy atom. The molecule has 0 aromatic heterocycles. The van der Waals surface area contributed by atoms with Gasteiger partial charge in [0.2, 0.25) is 5.91 Å². The van der Waals surface area contributed by atoms with E-state index in [-0.39, 0.29) is 5.92 Å². The maximum absolute atomic E-state index is 12.4. The fourth-order valence-electron chi connectivity index (χ4n) is 3.04. The predicted molar refractivity (Wildman–Crippen MR) is 68.8 cm³/mol. The molecule has 1 amide bonds. The molecule has 1 unspecified atom stereocenters. The Hall–Kier alpha value is -0.610. The van der Waals surface area contributed by atoms with Crippen molar-refractivity contribution in [1.82, 2.24) is 15.1 Å². The van der Waals surface area contributed by atoms with Gasteiger partial charge in [-0.3, -0.25) is 4.79 Å². The van der Waals surface area contributed by atoms with Gasteiger partial charge in [0.05, 0.1) is 5.92 Å². The quantitative estimate of drug-likeness (QED) is 0.757. The van der Waals surface area contributed by atoms with Gasteiger partial charge < -0.3 is 15.1 Å². The van der Waals surface area contributed by atoms with Crippen molar-refractivity contribution in [3.63, 3.8) is 0 Å². The largest absolute Gasteiger partial charge is 0.341 e. The fraction of sp³-hybridized carbons (Fsp3) is 0.923. The second kappa shape index (κ2) is 5.36. The van der Waals surface area contributed by atoms with Crippen LogP contribution in [0.5, 0.6) is 0 Å². The lowest BCUT2D eigenvalue weighted by molar-refractivity contribution is -0.137. The van der Waals surface area contributed by atoms with Crippen molar-refractivity contribution in [3.8, 4) is 0 Å². The Morgan fingerprint density at radius 2 is 2.18 bits per heavy atom.